The average molecular weight is 396 g/mol. The molecule has 0 spiro atoms. The number of aromatic nitrogens is 1. The maximum Gasteiger partial charge on any atom is 0.264 e. The second-order valence-electron chi connectivity index (χ2n) is 6.38. The monoisotopic (exact) mass is 396 g/mol. The van der Waals surface area contributed by atoms with E-state index in [1.165, 1.54) is 25.3 Å². The molecule has 7 nitrogen and oxygen atoms in total. The molecule has 1 aliphatic rings. The third-order valence-electron chi connectivity index (χ3n) is 4.38. The van der Waals surface area contributed by atoms with Gasteiger partial charge in [0, 0.05) is 18.2 Å². The number of nitrogens with zero attached hydrogens (tertiary/aromatic N) is 1. The average Bonchev–Trinajstić information content (AvgIpc) is 2.66. The van der Waals surface area contributed by atoms with Gasteiger partial charge in [0.25, 0.3) is 15.9 Å². The molecule has 3 rings (SSSR count). The Balaban J connectivity index is 1.70. The van der Waals surface area contributed by atoms with Crippen LogP contribution in [0.4, 0.5) is 4.39 Å². The lowest BCUT2D eigenvalue weighted by atomic mass is 10.1. The topological polar surface area (TPSA) is 94.6 Å². The molecule has 1 aromatic carbocycles. The van der Waals surface area contributed by atoms with Crippen molar-refractivity contribution < 1.29 is 27.1 Å². The summed E-state index contributed by atoms with van der Waals surface area (Å²) in [4.78, 5) is 15.9. The van der Waals surface area contributed by atoms with Gasteiger partial charge in [0.05, 0.1) is 17.6 Å². The minimum atomic E-state index is -4.21. The van der Waals surface area contributed by atoms with Crippen LogP contribution in [0, 0.1) is 5.82 Å². The Morgan fingerprint density at radius 1 is 1.41 bits per heavy atom. The molecule has 9 heteroatoms. The Kier molecular flexibility index (Phi) is 6.03. The van der Waals surface area contributed by atoms with Crippen molar-refractivity contribution in [3.05, 3.63) is 36.3 Å². The smallest absolute Gasteiger partial charge is 0.264 e. The number of carbonyl (C=O) groups excluding carboxylic acids is 1. The lowest BCUT2D eigenvalue weighted by Crippen LogP contribution is -2.40. The van der Waals surface area contributed by atoms with Crippen LogP contribution >= 0.6 is 0 Å². The van der Waals surface area contributed by atoms with E-state index in [4.69, 9.17) is 9.47 Å². The zero-order valence-electron chi connectivity index (χ0n) is 14.9. The van der Waals surface area contributed by atoms with Crippen LogP contribution in [-0.2, 0) is 24.3 Å². The summed E-state index contributed by atoms with van der Waals surface area (Å²) in [7, 11) is -4.21. The fourth-order valence-corrected chi connectivity index (χ4v) is 4.13. The lowest BCUT2D eigenvalue weighted by Gasteiger charge is -2.23. The molecule has 0 radical (unpaired) electrons. The third-order valence-corrected chi connectivity index (χ3v) is 5.79. The molecule has 27 heavy (non-hydrogen) atoms. The van der Waals surface area contributed by atoms with Crippen LogP contribution in [0.25, 0.3) is 10.9 Å². The summed E-state index contributed by atoms with van der Waals surface area (Å²) in [6, 6.07) is 5.05. The third kappa shape index (κ3) is 4.60. The Morgan fingerprint density at radius 2 is 2.22 bits per heavy atom. The SMILES string of the molecule is CC(OCC1CCCCO1)C(=O)NS(=O)(=O)c1ccc(F)c2ncccc12. The van der Waals surface area contributed by atoms with Crippen molar-refractivity contribution in [3.63, 3.8) is 0 Å². The number of rotatable bonds is 6. The number of sulfonamides is 1. The molecule has 1 saturated heterocycles. The zero-order chi connectivity index (χ0) is 19.4. The number of nitrogens with one attached hydrogen (secondary N) is 1. The van der Waals surface area contributed by atoms with Gasteiger partial charge in [-0.1, -0.05) is 0 Å². The fourth-order valence-electron chi connectivity index (χ4n) is 2.88. The van der Waals surface area contributed by atoms with Gasteiger partial charge in [-0.25, -0.2) is 17.5 Å². The first-order valence-electron chi connectivity index (χ1n) is 8.71. The first-order chi connectivity index (χ1) is 12.9. The number of pyridine rings is 1. The van der Waals surface area contributed by atoms with E-state index in [0.717, 1.165) is 31.4 Å². The molecule has 2 heterocycles. The second kappa shape index (κ2) is 8.28. The molecule has 2 unspecified atom stereocenters. The van der Waals surface area contributed by atoms with Crippen molar-refractivity contribution in [1.29, 1.82) is 0 Å². The molecule has 146 valence electrons. The van der Waals surface area contributed by atoms with Crippen molar-refractivity contribution in [1.82, 2.24) is 9.71 Å². The van der Waals surface area contributed by atoms with E-state index in [2.05, 4.69) is 4.98 Å². The predicted octanol–water partition coefficient (Wildman–Crippen LogP) is 2.15. The van der Waals surface area contributed by atoms with Gasteiger partial charge in [0.2, 0.25) is 0 Å². The summed E-state index contributed by atoms with van der Waals surface area (Å²) in [6.07, 6.45) is 3.19. The van der Waals surface area contributed by atoms with E-state index in [0.29, 0.717) is 6.61 Å². The minimum absolute atomic E-state index is 0.0773. The highest BCUT2D eigenvalue weighted by Gasteiger charge is 2.26. The number of ether oxygens (including phenoxy) is 2. The number of amides is 1. The molecule has 0 saturated carbocycles. The molecular weight excluding hydrogens is 375 g/mol. The molecule has 0 aliphatic carbocycles. The van der Waals surface area contributed by atoms with Crippen LogP contribution in [0.3, 0.4) is 0 Å². The van der Waals surface area contributed by atoms with E-state index < -0.39 is 27.9 Å². The van der Waals surface area contributed by atoms with E-state index in [9.17, 15) is 17.6 Å². The van der Waals surface area contributed by atoms with Crippen LogP contribution in [0.1, 0.15) is 26.2 Å². The van der Waals surface area contributed by atoms with Gasteiger partial charge < -0.3 is 9.47 Å². The maximum absolute atomic E-state index is 13.8. The Hall–Kier alpha value is -2.10. The van der Waals surface area contributed by atoms with E-state index in [1.807, 2.05) is 4.72 Å². The van der Waals surface area contributed by atoms with E-state index in [-0.39, 0.29) is 28.5 Å². The quantitative estimate of drug-likeness (QED) is 0.804. The number of hydrogen-bond donors (Lipinski definition) is 1. The molecule has 2 aromatic rings. The Bertz CT molecular complexity index is 928. The van der Waals surface area contributed by atoms with Gasteiger partial charge in [-0.2, -0.15) is 0 Å². The summed E-state index contributed by atoms with van der Waals surface area (Å²) in [5, 5.41) is 0.0991. The molecule has 1 amide bonds. The van der Waals surface area contributed by atoms with Crippen LogP contribution in [-0.4, -0.2) is 44.7 Å². The molecule has 1 aromatic heterocycles. The second-order valence-corrected chi connectivity index (χ2v) is 8.03. The van der Waals surface area contributed by atoms with Crippen LogP contribution in [0.2, 0.25) is 0 Å². The predicted molar refractivity (Wildman–Crippen MR) is 96.0 cm³/mol. The van der Waals surface area contributed by atoms with E-state index >= 15 is 0 Å². The molecule has 2 atom stereocenters. The van der Waals surface area contributed by atoms with Gasteiger partial charge in [-0.15, -0.1) is 0 Å². The van der Waals surface area contributed by atoms with Crippen molar-refractivity contribution >= 4 is 26.8 Å². The minimum Gasteiger partial charge on any atom is -0.376 e. The van der Waals surface area contributed by atoms with Crippen molar-refractivity contribution in [2.24, 2.45) is 0 Å². The molecular formula is C18H21FN2O5S. The number of hydrogen-bond acceptors (Lipinski definition) is 6. The van der Waals surface area contributed by atoms with Gasteiger partial charge in [-0.3, -0.25) is 9.78 Å². The fraction of sp³-hybridized carbons (Fsp3) is 0.444. The molecule has 1 fully saturated rings. The number of benzene rings is 1. The number of carbonyl (C=O) groups is 1. The van der Waals surface area contributed by atoms with Gasteiger partial charge >= 0.3 is 0 Å². The highest BCUT2D eigenvalue weighted by molar-refractivity contribution is 7.90. The normalized spacial score (nSPS) is 19.0. The number of fused-ring (bicyclic) bond motifs is 1. The Morgan fingerprint density at radius 3 is 2.96 bits per heavy atom. The molecule has 1 aliphatic heterocycles. The summed E-state index contributed by atoms with van der Waals surface area (Å²) in [5.74, 6) is -1.44. The first kappa shape index (κ1) is 19.7. The zero-order valence-corrected chi connectivity index (χ0v) is 15.7. The van der Waals surface area contributed by atoms with Gasteiger partial charge in [0.15, 0.2) is 0 Å². The highest BCUT2D eigenvalue weighted by Crippen LogP contribution is 2.23. The first-order valence-corrected chi connectivity index (χ1v) is 10.2. The van der Waals surface area contributed by atoms with Crippen LogP contribution in [0.5, 0.6) is 0 Å². The van der Waals surface area contributed by atoms with Gasteiger partial charge in [-0.05, 0) is 50.5 Å². The standard InChI is InChI=1S/C18H21FN2O5S/c1-12(26-11-13-5-2-3-10-25-13)18(22)21-27(23,24)16-8-7-15(19)17-14(16)6-4-9-20-17/h4,6-9,12-13H,2-3,5,10-11H2,1H3,(H,21,22). The number of halogens is 1. The van der Waals surface area contributed by atoms with Crippen molar-refractivity contribution in [3.8, 4) is 0 Å². The highest BCUT2D eigenvalue weighted by atomic mass is 32.2. The summed E-state index contributed by atoms with van der Waals surface area (Å²) >= 11 is 0. The summed E-state index contributed by atoms with van der Waals surface area (Å²) in [5.41, 5.74) is -0.0773. The lowest BCUT2D eigenvalue weighted by molar-refractivity contribution is -0.133. The summed E-state index contributed by atoms with van der Waals surface area (Å²) < 4.78 is 52.0. The van der Waals surface area contributed by atoms with E-state index in [1.54, 1.807) is 0 Å². The largest absolute Gasteiger partial charge is 0.376 e. The molecule has 0 bridgehead atoms. The van der Waals surface area contributed by atoms with Crippen molar-refractivity contribution in [2.45, 2.75) is 43.3 Å². The van der Waals surface area contributed by atoms with Crippen LogP contribution < -0.4 is 4.72 Å². The maximum atomic E-state index is 13.8. The molecule has 1 N–H and O–H groups in total. The van der Waals surface area contributed by atoms with Crippen LogP contribution in [0.15, 0.2) is 35.4 Å². The van der Waals surface area contributed by atoms with Crippen molar-refractivity contribution in [2.75, 3.05) is 13.2 Å². The Labute approximate surface area is 156 Å². The summed E-state index contributed by atoms with van der Waals surface area (Å²) in [6.45, 7) is 2.35. The van der Waals surface area contributed by atoms with Gasteiger partial charge in [0.1, 0.15) is 17.4 Å².